The van der Waals surface area contributed by atoms with Crippen molar-refractivity contribution in [3.8, 4) is 10.4 Å². The second kappa shape index (κ2) is 7.18. The molecule has 0 radical (unpaired) electrons. The number of halogens is 3. The van der Waals surface area contributed by atoms with Crippen LogP contribution in [-0.4, -0.2) is 13.4 Å². The molecule has 0 aliphatic carbocycles. The molecular weight excluding hydrogens is 385 g/mol. The average Bonchev–Trinajstić information content (AvgIpc) is 3.14. The minimum Gasteiger partial charge on any atom is -0.264 e. The third-order valence-electron chi connectivity index (χ3n) is 3.54. The summed E-state index contributed by atoms with van der Waals surface area (Å²) < 4.78 is 65.2. The highest BCUT2D eigenvalue weighted by molar-refractivity contribution is 7.89. The molecule has 0 amide bonds. The zero-order valence-electron chi connectivity index (χ0n) is 13.2. The molecule has 9 heteroatoms. The molecule has 2 heterocycles. The van der Waals surface area contributed by atoms with Crippen LogP contribution in [0.1, 0.15) is 11.1 Å². The Bertz CT molecular complexity index is 1000. The fraction of sp³-hybridized carbons (Fsp3) is 0.118. The maximum Gasteiger partial charge on any atom is 0.416 e. The predicted molar refractivity (Wildman–Crippen MR) is 93.0 cm³/mol. The lowest BCUT2D eigenvalue weighted by Gasteiger charge is -2.10. The average molecular weight is 398 g/mol. The number of benzene rings is 1. The smallest absolute Gasteiger partial charge is 0.264 e. The molecule has 0 fully saturated rings. The lowest BCUT2D eigenvalue weighted by atomic mass is 10.2. The number of aromatic nitrogens is 1. The number of alkyl halides is 3. The monoisotopic (exact) mass is 398 g/mol. The second-order valence-electron chi connectivity index (χ2n) is 5.41. The predicted octanol–water partition coefficient (Wildman–Crippen LogP) is 4.31. The van der Waals surface area contributed by atoms with Gasteiger partial charge in [-0.2, -0.15) is 13.2 Å². The Kier molecular flexibility index (Phi) is 5.12. The fourth-order valence-corrected chi connectivity index (χ4v) is 4.03. The Hall–Kier alpha value is -2.23. The topological polar surface area (TPSA) is 59.1 Å². The molecule has 0 aliphatic rings. The van der Waals surface area contributed by atoms with Crippen LogP contribution < -0.4 is 4.72 Å². The van der Waals surface area contributed by atoms with Crippen LogP contribution in [0.2, 0.25) is 0 Å². The van der Waals surface area contributed by atoms with Gasteiger partial charge in [-0.05, 0) is 41.3 Å². The van der Waals surface area contributed by atoms with Crippen LogP contribution in [-0.2, 0) is 22.7 Å². The number of nitrogens with zero attached hydrogens (tertiary/aromatic N) is 1. The molecule has 2 aromatic heterocycles. The summed E-state index contributed by atoms with van der Waals surface area (Å²) in [5, 5.41) is 1.92. The van der Waals surface area contributed by atoms with Gasteiger partial charge in [-0.1, -0.05) is 12.1 Å². The summed E-state index contributed by atoms with van der Waals surface area (Å²) in [6.45, 7) is -0.0786. The van der Waals surface area contributed by atoms with Crippen LogP contribution in [0.3, 0.4) is 0 Å². The molecule has 136 valence electrons. The van der Waals surface area contributed by atoms with Crippen molar-refractivity contribution >= 4 is 21.4 Å². The summed E-state index contributed by atoms with van der Waals surface area (Å²) in [6.07, 6.45) is -1.44. The number of pyridine rings is 1. The summed E-state index contributed by atoms with van der Waals surface area (Å²) >= 11 is 1.52. The van der Waals surface area contributed by atoms with Crippen molar-refractivity contribution in [1.29, 1.82) is 0 Å². The van der Waals surface area contributed by atoms with Crippen molar-refractivity contribution in [3.05, 3.63) is 71.4 Å². The van der Waals surface area contributed by atoms with Gasteiger partial charge in [-0.25, -0.2) is 13.1 Å². The van der Waals surface area contributed by atoms with Gasteiger partial charge in [0.25, 0.3) is 0 Å². The van der Waals surface area contributed by atoms with Gasteiger partial charge >= 0.3 is 6.18 Å². The van der Waals surface area contributed by atoms with E-state index in [1.165, 1.54) is 17.5 Å². The highest BCUT2D eigenvalue weighted by atomic mass is 32.2. The Morgan fingerprint density at radius 2 is 1.88 bits per heavy atom. The largest absolute Gasteiger partial charge is 0.416 e. The lowest BCUT2D eigenvalue weighted by Crippen LogP contribution is -2.23. The molecule has 0 saturated carbocycles. The minimum absolute atomic E-state index is 0.0786. The third kappa shape index (κ3) is 4.29. The molecule has 3 rings (SSSR count). The number of nitrogens with one attached hydrogen (secondary N) is 1. The van der Waals surface area contributed by atoms with Crippen molar-refractivity contribution in [1.82, 2.24) is 9.71 Å². The van der Waals surface area contributed by atoms with E-state index < -0.39 is 26.7 Å². The van der Waals surface area contributed by atoms with E-state index in [1.54, 1.807) is 12.3 Å². The van der Waals surface area contributed by atoms with E-state index in [2.05, 4.69) is 9.71 Å². The fourth-order valence-electron chi connectivity index (χ4n) is 2.26. The summed E-state index contributed by atoms with van der Waals surface area (Å²) in [4.78, 5) is 4.63. The van der Waals surface area contributed by atoms with E-state index in [1.807, 2.05) is 17.5 Å². The molecule has 0 saturated heterocycles. The van der Waals surface area contributed by atoms with E-state index in [9.17, 15) is 21.6 Å². The molecule has 0 spiro atoms. The lowest BCUT2D eigenvalue weighted by molar-refractivity contribution is -0.137. The van der Waals surface area contributed by atoms with E-state index in [0.29, 0.717) is 11.6 Å². The first kappa shape index (κ1) is 18.6. The van der Waals surface area contributed by atoms with E-state index >= 15 is 0 Å². The van der Waals surface area contributed by atoms with E-state index in [0.717, 1.165) is 28.6 Å². The van der Waals surface area contributed by atoms with Crippen LogP contribution >= 0.6 is 11.3 Å². The molecule has 4 nitrogen and oxygen atoms in total. The van der Waals surface area contributed by atoms with Gasteiger partial charge in [-0.15, -0.1) is 11.3 Å². The van der Waals surface area contributed by atoms with Crippen LogP contribution in [0.15, 0.2) is 65.1 Å². The first-order valence-electron chi connectivity index (χ1n) is 7.40. The van der Waals surface area contributed by atoms with Crippen LogP contribution in [0, 0.1) is 0 Å². The zero-order chi connectivity index (χ0) is 18.8. The van der Waals surface area contributed by atoms with Gasteiger partial charge < -0.3 is 0 Å². The van der Waals surface area contributed by atoms with Gasteiger partial charge in [0.2, 0.25) is 10.0 Å². The van der Waals surface area contributed by atoms with Gasteiger partial charge in [0, 0.05) is 29.4 Å². The number of rotatable bonds is 5. The van der Waals surface area contributed by atoms with Crippen molar-refractivity contribution in [2.45, 2.75) is 17.6 Å². The molecule has 1 aromatic carbocycles. The second-order valence-corrected chi connectivity index (χ2v) is 8.12. The highest BCUT2D eigenvalue weighted by Gasteiger charge is 2.31. The minimum atomic E-state index is -4.61. The molecule has 0 bridgehead atoms. The SMILES string of the molecule is O=S(=O)(NCc1cncc(-c2cccs2)c1)c1cccc(C(F)(F)F)c1. The Morgan fingerprint density at radius 3 is 2.58 bits per heavy atom. The quantitative estimate of drug-likeness (QED) is 0.697. The molecule has 0 atom stereocenters. The third-order valence-corrected chi connectivity index (χ3v) is 5.86. The molecule has 26 heavy (non-hydrogen) atoms. The standard InChI is InChI=1S/C17H13F3N2O2S2/c18-17(19,20)14-3-1-4-15(8-14)26(23,24)22-10-12-7-13(11-21-9-12)16-5-2-6-25-16/h1-9,11,22H,10H2. The van der Waals surface area contributed by atoms with Crippen LogP contribution in [0.25, 0.3) is 10.4 Å². The molecule has 0 aliphatic heterocycles. The van der Waals surface area contributed by atoms with Crippen molar-refractivity contribution in [2.24, 2.45) is 0 Å². The van der Waals surface area contributed by atoms with Crippen molar-refractivity contribution < 1.29 is 21.6 Å². The van der Waals surface area contributed by atoms with E-state index in [-0.39, 0.29) is 6.54 Å². The summed E-state index contributed by atoms with van der Waals surface area (Å²) in [7, 11) is -4.08. The molecule has 3 aromatic rings. The van der Waals surface area contributed by atoms with E-state index in [4.69, 9.17) is 0 Å². The summed E-state index contributed by atoms with van der Waals surface area (Å²) in [5.74, 6) is 0. The first-order chi connectivity index (χ1) is 12.3. The molecular formula is C17H13F3N2O2S2. The van der Waals surface area contributed by atoms with Gasteiger partial charge in [0.05, 0.1) is 10.5 Å². The Morgan fingerprint density at radius 1 is 1.08 bits per heavy atom. The van der Waals surface area contributed by atoms with Gasteiger partial charge in [0.15, 0.2) is 0 Å². The number of thiophene rings is 1. The Labute approximate surface area is 152 Å². The summed E-state index contributed by atoms with van der Waals surface area (Å²) in [5.41, 5.74) is 0.434. The maximum absolute atomic E-state index is 12.8. The van der Waals surface area contributed by atoms with Crippen LogP contribution in [0.5, 0.6) is 0 Å². The van der Waals surface area contributed by atoms with Crippen LogP contribution in [0.4, 0.5) is 13.2 Å². The maximum atomic E-state index is 12.8. The van der Waals surface area contributed by atoms with Gasteiger partial charge in [0.1, 0.15) is 0 Å². The molecule has 0 unspecified atom stereocenters. The summed E-state index contributed by atoms with van der Waals surface area (Å²) in [6, 6.07) is 9.22. The normalized spacial score (nSPS) is 12.3. The molecule has 1 N–H and O–H groups in total. The van der Waals surface area contributed by atoms with Gasteiger partial charge in [-0.3, -0.25) is 4.98 Å². The van der Waals surface area contributed by atoms with Crippen molar-refractivity contribution in [3.63, 3.8) is 0 Å². The highest BCUT2D eigenvalue weighted by Crippen LogP contribution is 2.30. The Balaban J connectivity index is 1.78. The number of sulfonamides is 1. The van der Waals surface area contributed by atoms with Crippen molar-refractivity contribution in [2.75, 3.05) is 0 Å². The number of hydrogen-bond donors (Lipinski definition) is 1. The zero-order valence-corrected chi connectivity index (χ0v) is 14.8. The number of hydrogen-bond acceptors (Lipinski definition) is 4. The first-order valence-corrected chi connectivity index (χ1v) is 9.77.